The van der Waals surface area contributed by atoms with E-state index < -0.39 is 10.0 Å². The van der Waals surface area contributed by atoms with Gasteiger partial charge in [-0.05, 0) is 24.6 Å². The molecule has 0 unspecified atom stereocenters. The molecule has 0 radical (unpaired) electrons. The molecule has 0 aliphatic rings. The summed E-state index contributed by atoms with van der Waals surface area (Å²) in [6.45, 7) is 3.76. The minimum absolute atomic E-state index is 0.220. The molecule has 0 aliphatic carbocycles. The van der Waals surface area contributed by atoms with Crippen LogP contribution in [0.4, 0.5) is 0 Å². The first kappa shape index (κ1) is 13.7. The van der Waals surface area contributed by atoms with Gasteiger partial charge in [0, 0.05) is 19.9 Å². The van der Waals surface area contributed by atoms with E-state index in [9.17, 15) is 8.42 Å². The molecule has 2 aromatic rings. The first-order valence-electron chi connectivity index (χ1n) is 5.83. The molecular weight excluding hydrogens is 266 g/mol. The van der Waals surface area contributed by atoms with Crippen LogP contribution in [0.25, 0.3) is 0 Å². The van der Waals surface area contributed by atoms with Crippen molar-refractivity contribution < 1.29 is 12.8 Å². The molecular formula is C12H15N3O3S. The second-order valence-electron chi connectivity index (χ2n) is 4.18. The van der Waals surface area contributed by atoms with Gasteiger partial charge in [0.15, 0.2) is 0 Å². The Morgan fingerprint density at radius 3 is 2.68 bits per heavy atom. The van der Waals surface area contributed by atoms with Crippen LogP contribution in [0.3, 0.4) is 0 Å². The Bertz CT molecular complexity index is 664. The SMILES string of the molecule is Cc1cccc(S(=O)(=O)NCCc2nnc(C)o2)c1. The van der Waals surface area contributed by atoms with Crippen LogP contribution in [-0.2, 0) is 16.4 Å². The average molecular weight is 281 g/mol. The van der Waals surface area contributed by atoms with Gasteiger partial charge in [0.2, 0.25) is 21.8 Å². The lowest BCUT2D eigenvalue weighted by Gasteiger charge is -2.06. The molecule has 0 fully saturated rings. The van der Waals surface area contributed by atoms with Crippen LogP contribution in [0.2, 0.25) is 0 Å². The Labute approximate surface area is 111 Å². The van der Waals surface area contributed by atoms with Crippen LogP contribution in [0.1, 0.15) is 17.3 Å². The highest BCUT2D eigenvalue weighted by atomic mass is 32.2. The standard InChI is InChI=1S/C12H15N3O3S/c1-9-4-3-5-11(8-9)19(16,17)13-7-6-12-15-14-10(2)18-12/h3-5,8,13H,6-7H2,1-2H3. The number of sulfonamides is 1. The monoisotopic (exact) mass is 281 g/mol. The fourth-order valence-electron chi connectivity index (χ4n) is 1.60. The summed E-state index contributed by atoms with van der Waals surface area (Å²) < 4.78 is 31.7. The molecule has 2 rings (SSSR count). The predicted octanol–water partition coefficient (Wildman–Crippen LogP) is 1.21. The molecule has 102 valence electrons. The highest BCUT2D eigenvalue weighted by Crippen LogP contribution is 2.10. The van der Waals surface area contributed by atoms with E-state index in [2.05, 4.69) is 14.9 Å². The maximum atomic E-state index is 12.0. The average Bonchev–Trinajstić information content (AvgIpc) is 2.75. The lowest BCUT2D eigenvalue weighted by molar-refractivity contribution is 0.466. The summed E-state index contributed by atoms with van der Waals surface area (Å²) >= 11 is 0. The second-order valence-corrected chi connectivity index (χ2v) is 5.95. The lowest BCUT2D eigenvalue weighted by Crippen LogP contribution is -2.26. The van der Waals surface area contributed by atoms with Gasteiger partial charge in [0.1, 0.15) is 0 Å². The van der Waals surface area contributed by atoms with Gasteiger partial charge in [-0.1, -0.05) is 12.1 Å². The molecule has 0 atom stereocenters. The molecule has 1 N–H and O–H groups in total. The first-order chi connectivity index (χ1) is 8.97. The van der Waals surface area contributed by atoms with E-state index in [0.717, 1.165) is 5.56 Å². The minimum atomic E-state index is -3.49. The molecule has 1 aromatic heterocycles. The zero-order valence-corrected chi connectivity index (χ0v) is 11.6. The number of nitrogens with one attached hydrogen (secondary N) is 1. The number of benzene rings is 1. The van der Waals surface area contributed by atoms with Crippen molar-refractivity contribution in [2.75, 3.05) is 6.54 Å². The van der Waals surface area contributed by atoms with Crippen molar-refractivity contribution in [1.82, 2.24) is 14.9 Å². The van der Waals surface area contributed by atoms with Crippen LogP contribution >= 0.6 is 0 Å². The van der Waals surface area contributed by atoms with Crippen LogP contribution in [0, 0.1) is 13.8 Å². The fraction of sp³-hybridized carbons (Fsp3) is 0.333. The highest BCUT2D eigenvalue weighted by molar-refractivity contribution is 7.89. The third-order valence-electron chi connectivity index (χ3n) is 2.50. The van der Waals surface area contributed by atoms with Crippen molar-refractivity contribution >= 4 is 10.0 Å². The molecule has 0 aliphatic heterocycles. The zero-order chi connectivity index (χ0) is 13.9. The summed E-state index contributed by atoms with van der Waals surface area (Å²) in [6.07, 6.45) is 0.367. The topological polar surface area (TPSA) is 85.1 Å². The fourth-order valence-corrected chi connectivity index (χ4v) is 2.73. The van der Waals surface area contributed by atoms with Crippen molar-refractivity contribution in [1.29, 1.82) is 0 Å². The van der Waals surface area contributed by atoms with Gasteiger partial charge in [-0.25, -0.2) is 13.1 Å². The molecule has 0 spiro atoms. The van der Waals surface area contributed by atoms with E-state index in [1.807, 2.05) is 13.0 Å². The van der Waals surface area contributed by atoms with Crippen molar-refractivity contribution in [3.63, 3.8) is 0 Å². The smallest absolute Gasteiger partial charge is 0.240 e. The Balaban J connectivity index is 1.98. The Hall–Kier alpha value is -1.73. The van der Waals surface area contributed by atoms with Crippen molar-refractivity contribution in [3.05, 3.63) is 41.6 Å². The summed E-state index contributed by atoms with van der Waals surface area (Å²) in [6, 6.07) is 6.75. The molecule has 0 saturated heterocycles. The van der Waals surface area contributed by atoms with Gasteiger partial charge in [0.05, 0.1) is 4.90 Å². The number of nitrogens with zero attached hydrogens (tertiary/aromatic N) is 2. The Kier molecular flexibility index (Phi) is 3.96. The van der Waals surface area contributed by atoms with Gasteiger partial charge in [0.25, 0.3) is 0 Å². The van der Waals surface area contributed by atoms with Gasteiger partial charge in [-0.2, -0.15) is 0 Å². The Morgan fingerprint density at radius 1 is 1.26 bits per heavy atom. The normalized spacial score (nSPS) is 11.7. The third-order valence-corrected chi connectivity index (χ3v) is 3.96. The number of aryl methyl sites for hydroxylation is 2. The Morgan fingerprint density at radius 2 is 2.05 bits per heavy atom. The lowest BCUT2D eigenvalue weighted by atomic mass is 10.2. The molecule has 6 nitrogen and oxygen atoms in total. The maximum Gasteiger partial charge on any atom is 0.240 e. The minimum Gasteiger partial charge on any atom is -0.426 e. The first-order valence-corrected chi connectivity index (χ1v) is 7.31. The number of hydrogen-bond acceptors (Lipinski definition) is 5. The van der Waals surface area contributed by atoms with Crippen LogP contribution in [0.5, 0.6) is 0 Å². The molecule has 7 heteroatoms. The van der Waals surface area contributed by atoms with E-state index in [4.69, 9.17) is 4.42 Å². The number of hydrogen-bond donors (Lipinski definition) is 1. The summed E-state index contributed by atoms with van der Waals surface area (Å²) in [7, 11) is -3.49. The van der Waals surface area contributed by atoms with Crippen LogP contribution in [-0.4, -0.2) is 25.2 Å². The van der Waals surface area contributed by atoms with E-state index in [1.54, 1.807) is 25.1 Å². The summed E-state index contributed by atoms with van der Waals surface area (Å²) in [5, 5.41) is 7.48. The van der Waals surface area contributed by atoms with E-state index >= 15 is 0 Å². The molecule has 0 saturated carbocycles. The van der Waals surface area contributed by atoms with Gasteiger partial charge >= 0.3 is 0 Å². The van der Waals surface area contributed by atoms with E-state index in [0.29, 0.717) is 18.2 Å². The second kappa shape index (κ2) is 5.50. The summed E-state index contributed by atoms with van der Waals surface area (Å²) in [4.78, 5) is 0.259. The third kappa shape index (κ3) is 3.62. The predicted molar refractivity (Wildman–Crippen MR) is 69.1 cm³/mol. The summed E-state index contributed by atoms with van der Waals surface area (Å²) in [5.41, 5.74) is 0.899. The highest BCUT2D eigenvalue weighted by Gasteiger charge is 2.13. The molecule has 0 amide bonds. The maximum absolute atomic E-state index is 12.0. The quantitative estimate of drug-likeness (QED) is 0.890. The summed E-state index contributed by atoms with van der Waals surface area (Å²) in [5.74, 6) is 0.890. The van der Waals surface area contributed by atoms with Crippen molar-refractivity contribution in [2.45, 2.75) is 25.2 Å². The molecule has 1 aromatic carbocycles. The molecule has 1 heterocycles. The molecule has 0 bridgehead atoms. The number of aromatic nitrogens is 2. The largest absolute Gasteiger partial charge is 0.426 e. The van der Waals surface area contributed by atoms with E-state index in [-0.39, 0.29) is 11.4 Å². The van der Waals surface area contributed by atoms with Crippen molar-refractivity contribution in [2.24, 2.45) is 0 Å². The van der Waals surface area contributed by atoms with Crippen molar-refractivity contribution in [3.8, 4) is 0 Å². The zero-order valence-electron chi connectivity index (χ0n) is 10.8. The van der Waals surface area contributed by atoms with Crippen LogP contribution < -0.4 is 4.72 Å². The number of rotatable bonds is 5. The van der Waals surface area contributed by atoms with Gasteiger partial charge < -0.3 is 4.42 Å². The van der Waals surface area contributed by atoms with Gasteiger partial charge in [-0.3, -0.25) is 0 Å². The van der Waals surface area contributed by atoms with Crippen LogP contribution in [0.15, 0.2) is 33.6 Å². The van der Waals surface area contributed by atoms with E-state index in [1.165, 1.54) is 0 Å². The van der Waals surface area contributed by atoms with Gasteiger partial charge in [-0.15, -0.1) is 10.2 Å². The molecule has 19 heavy (non-hydrogen) atoms.